The molecule has 0 bridgehead atoms. The van der Waals surface area contributed by atoms with E-state index in [-0.39, 0.29) is 0 Å². The van der Waals surface area contributed by atoms with E-state index in [0.29, 0.717) is 0 Å². The number of carboxylic acid groups (broad SMARTS) is 1. The number of hydrogen-bond acceptors (Lipinski definition) is 3. The van der Waals surface area contributed by atoms with E-state index >= 15 is 0 Å². The summed E-state index contributed by atoms with van der Waals surface area (Å²) in [6.07, 6.45) is 2.80. The summed E-state index contributed by atoms with van der Waals surface area (Å²) in [7, 11) is 0. The maximum absolute atomic E-state index is 11.0. The molecule has 2 aromatic carbocycles. The molecular formula is C20H16N2O2S. The van der Waals surface area contributed by atoms with Gasteiger partial charge in [-0.25, -0.2) is 9.78 Å². The molecule has 0 saturated heterocycles. The number of carbonyl (C=O) groups is 1. The molecule has 0 unspecified atom stereocenters. The van der Waals surface area contributed by atoms with E-state index in [1.165, 1.54) is 16.3 Å². The van der Waals surface area contributed by atoms with Crippen molar-refractivity contribution >= 4 is 39.1 Å². The second-order valence-electron chi connectivity index (χ2n) is 5.94. The molecule has 5 heteroatoms. The molecule has 0 spiro atoms. The lowest BCUT2D eigenvalue weighted by Gasteiger charge is -2.04. The van der Waals surface area contributed by atoms with Crippen LogP contribution in [-0.2, 0) is 4.79 Å². The van der Waals surface area contributed by atoms with Gasteiger partial charge >= 0.3 is 5.97 Å². The molecule has 0 fully saturated rings. The van der Waals surface area contributed by atoms with Crippen molar-refractivity contribution in [2.24, 2.45) is 0 Å². The minimum Gasteiger partial charge on any atom is -0.478 e. The zero-order valence-electron chi connectivity index (χ0n) is 13.9. The highest BCUT2D eigenvalue weighted by atomic mass is 32.1. The van der Waals surface area contributed by atoms with Crippen LogP contribution >= 0.6 is 11.3 Å². The minimum absolute atomic E-state index is 0.800. The molecular weight excluding hydrogens is 332 g/mol. The second-order valence-corrected chi connectivity index (χ2v) is 7.12. The topological polar surface area (TPSA) is 54.6 Å². The summed E-state index contributed by atoms with van der Waals surface area (Å²) in [5.41, 5.74) is 3.67. The quantitative estimate of drug-likeness (QED) is 0.534. The van der Waals surface area contributed by atoms with E-state index in [4.69, 9.17) is 10.1 Å². The number of hydrogen-bond donors (Lipinski definition) is 1. The molecule has 25 heavy (non-hydrogen) atoms. The van der Waals surface area contributed by atoms with Gasteiger partial charge in [-0.15, -0.1) is 11.3 Å². The van der Waals surface area contributed by atoms with Gasteiger partial charge in [-0.2, -0.15) is 0 Å². The number of benzene rings is 2. The van der Waals surface area contributed by atoms with E-state index in [2.05, 4.69) is 31.2 Å². The SMILES string of the molecule is Cc1sc2nc(-c3ccc4ccccc4c3)c(/C=C/C(=O)O)n2c1C. The van der Waals surface area contributed by atoms with Crippen LogP contribution in [0.5, 0.6) is 0 Å². The van der Waals surface area contributed by atoms with Crippen molar-refractivity contribution in [1.82, 2.24) is 9.38 Å². The molecule has 0 aliphatic rings. The van der Waals surface area contributed by atoms with E-state index in [1.54, 1.807) is 17.4 Å². The fourth-order valence-electron chi connectivity index (χ4n) is 3.03. The van der Waals surface area contributed by atoms with Gasteiger partial charge < -0.3 is 5.11 Å². The maximum Gasteiger partial charge on any atom is 0.328 e. The molecule has 4 rings (SSSR count). The van der Waals surface area contributed by atoms with Crippen LogP contribution in [0.3, 0.4) is 0 Å². The van der Waals surface area contributed by atoms with Gasteiger partial charge in [0, 0.05) is 22.2 Å². The minimum atomic E-state index is -0.969. The summed E-state index contributed by atoms with van der Waals surface area (Å²) >= 11 is 1.62. The van der Waals surface area contributed by atoms with Crippen molar-refractivity contribution in [1.29, 1.82) is 0 Å². The van der Waals surface area contributed by atoms with E-state index in [0.717, 1.165) is 33.0 Å². The molecule has 0 aliphatic carbocycles. The Hall–Kier alpha value is -2.92. The van der Waals surface area contributed by atoms with Crippen molar-refractivity contribution < 1.29 is 9.90 Å². The molecule has 0 amide bonds. The summed E-state index contributed by atoms with van der Waals surface area (Å²) in [6.45, 7) is 4.08. The average molecular weight is 348 g/mol. The lowest BCUT2D eigenvalue weighted by Crippen LogP contribution is -1.93. The van der Waals surface area contributed by atoms with Crippen LogP contribution in [0.2, 0.25) is 0 Å². The number of aryl methyl sites for hydroxylation is 2. The standard InChI is InChI=1S/C20H16N2O2S/c1-12-13(2)25-20-21-19(17(22(12)20)9-10-18(23)24)16-8-7-14-5-3-4-6-15(14)11-16/h3-11H,1-2H3,(H,23,24)/b10-9+. The molecule has 2 heterocycles. The summed E-state index contributed by atoms with van der Waals surface area (Å²) in [6, 6.07) is 14.4. The first-order valence-electron chi connectivity index (χ1n) is 7.93. The van der Waals surface area contributed by atoms with E-state index < -0.39 is 5.97 Å². The van der Waals surface area contributed by atoms with Crippen LogP contribution in [0, 0.1) is 13.8 Å². The van der Waals surface area contributed by atoms with Crippen LogP contribution < -0.4 is 0 Å². The predicted octanol–water partition coefficient (Wildman–Crippen LogP) is 4.93. The summed E-state index contributed by atoms with van der Waals surface area (Å²) < 4.78 is 2.03. The molecule has 0 atom stereocenters. The lowest BCUT2D eigenvalue weighted by atomic mass is 10.0. The lowest BCUT2D eigenvalue weighted by molar-refractivity contribution is -0.131. The van der Waals surface area contributed by atoms with Gasteiger partial charge in [0.15, 0.2) is 4.96 Å². The van der Waals surface area contributed by atoms with Crippen molar-refractivity contribution in [3.05, 3.63) is 64.8 Å². The Morgan fingerprint density at radius 3 is 2.68 bits per heavy atom. The Balaban J connectivity index is 1.99. The average Bonchev–Trinajstić information content (AvgIpc) is 3.09. The zero-order chi connectivity index (χ0) is 17.6. The smallest absolute Gasteiger partial charge is 0.328 e. The van der Waals surface area contributed by atoms with E-state index in [9.17, 15) is 4.79 Å². The maximum atomic E-state index is 11.0. The third kappa shape index (κ3) is 2.62. The van der Waals surface area contributed by atoms with Gasteiger partial charge in [0.2, 0.25) is 0 Å². The number of aliphatic carboxylic acids is 1. The molecule has 0 radical (unpaired) electrons. The largest absolute Gasteiger partial charge is 0.478 e. The molecule has 4 aromatic rings. The highest BCUT2D eigenvalue weighted by Crippen LogP contribution is 2.32. The second kappa shape index (κ2) is 5.86. The van der Waals surface area contributed by atoms with Crippen molar-refractivity contribution in [3.63, 3.8) is 0 Å². The number of carboxylic acids is 1. The number of nitrogens with zero attached hydrogens (tertiary/aromatic N) is 2. The normalized spacial score (nSPS) is 11.8. The number of aromatic nitrogens is 2. The van der Waals surface area contributed by atoms with Crippen molar-refractivity contribution in [2.75, 3.05) is 0 Å². The van der Waals surface area contributed by atoms with Gasteiger partial charge in [0.05, 0.1) is 11.4 Å². The van der Waals surface area contributed by atoms with Gasteiger partial charge in [0.25, 0.3) is 0 Å². The summed E-state index contributed by atoms with van der Waals surface area (Å²) in [5, 5.41) is 11.4. The molecule has 0 saturated carbocycles. The number of rotatable bonds is 3. The van der Waals surface area contributed by atoms with Crippen LogP contribution in [0.15, 0.2) is 48.5 Å². The van der Waals surface area contributed by atoms with E-state index in [1.807, 2.05) is 29.5 Å². The number of imidazole rings is 1. The van der Waals surface area contributed by atoms with Gasteiger partial charge in [-0.3, -0.25) is 4.40 Å². The van der Waals surface area contributed by atoms with Crippen molar-refractivity contribution in [3.8, 4) is 11.3 Å². The summed E-state index contributed by atoms with van der Waals surface area (Å²) in [5.74, 6) is -0.969. The van der Waals surface area contributed by atoms with Crippen LogP contribution in [-0.4, -0.2) is 20.5 Å². The van der Waals surface area contributed by atoms with Gasteiger partial charge in [0.1, 0.15) is 0 Å². The Bertz CT molecular complexity index is 1150. The van der Waals surface area contributed by atoms with Gasteiger partial charge in [-0.05, 0) is 36.8 Å². The number of fused-ring (bicyclic) bond motifs is 2. The Labute approximate surface area is 148 Å². The first-order chi connectivity index (χ1) is 12.0. The predicted molar refractivity (Wildman–Crippen MR) is 102 cm³/mol. The first kappa shape index (κ1) is 15.6. The highest BCUT2D eigenvalue weighted by molar-refractivity contribution is 7.17. The monoisotopic (exact) mass is 348 g/mol. The highest BCUT2D eigenvalue weighted by Gasteiger charge is 2.17. The molecule has 2 aromatic heterocycles. The first-order valence-corrected chi connectivity index (χ1v) is 8.75. The fraction of sp³-hybridized carbons (Fsp3) is 0.100. The van der Waals surface area contributed by atoms with Crippen molar-refractivity contribution in [2.45, 2.75) is 13.8 Å². The molecule has 1 N–H and O–H groups in total. The van der Waals surface area contributed by atoms with Gasteiger partial charge in [-0.1, -0.05) is 36.4 Å². The molecule has 124 valence electrons. The third-order valence-corrected chi connectivity index (χ3v) is 5.44. The Morgan fingerprint density at radius 1 is 1.16 bits per heavy atom. The fourth-order valence-corrected chi connectivity index (χ4v) is 4.00. The molecule has 0 aliphatic heterocycles. The Morgan fingerprint density at radius 2 is 1.92 bits per heavy atom. The third-order valence-electron chi connectivity index (χ3n) is 4.38. The van der Waals surface area contributed by atoms with Crippen LogP contribution in [0.25, 0.3) is 33.1 Å². The van der Waals surface area contributed by atoms with Crippen LogP contribution in [0.1, 0.15) is 16.3 Å². The zero-order valence-corrected chi connectivity index (χ0v) is 14.7. The number of thiazole rings is 1. The molecule has 4 nitrogen and oxygen atoms in total. The Kier molecular flexibility index (Phi) is 3.66. The van der Waals surface area contributed by atoms with Crippen LogP contribution in [0.4, 0.5) is 0 Å². The summed E-state index contributed by atoms with van der Waals surface area (Å²) in [4.78, 5) is 17.9.